The van der Waals surface area contributed by atoms with E-state index in [-0.39, 0.29) is 11.9 Å². The van der Waals surface area contributed by atoms with E-state index in [0.717, 1.165) is 57.6 Å². The van der Waals surface area contributed by atoms with Crippen LogP contribution in [0.3, 0.4) is 0 Å². The fraction of sp³-hybridized carbons (Fsp3) is 0.643. The van der Waals surface area contributed by atoms with E-state index in [1.54, 1.807) is 0 Å². The Bertz CT molecular complexity index is 412. The molecular weight excluding hydrogens is 248 g/mol. The van der Waals surface area contributed by atoms with Crippen LogP contribution >= 0.6 is 0 Å². The highest BCUT2D eigenvalue weighted by Crippen LogP contribution is 2.25. The fourth-order valence-corrected chi connectivity index (χ4v) is 2.56. The largest absolute Gasteiger partial charge is 0.350 e. The zero-order valence-corrected chi connectivity index (χ0v) is 11.3. The highest BCUT2D eigenvalue weighted by Gasteiger charge is 2.25. The van der Waals surface area contributed by atoms with Crippen LogP contribution in [-0.2, 0) is 0 Å². The summed E-state index contributed by atoms with van der Waals surface area (Å²) in [6, 6.07) is 1.15. The van der Waals surface area contributed by atoms with Crippen molar-refractivity contribution in [2.75, 3.05) is 24.5 Å². The molecule has 1 N–H and O–H groups in total. The molecule has 2 heterocycles. The van der Waals surface area contributed by atoms with E-state index in [2.05, 4.69) is 17.2 Å². The van der Waals surface area contributed by atoms with Gasteiger partial charge in [-0.2, -0.15) is 0 Å². The number of rotatable bonds is 5. The number of piperidine rings is 1. The number of hydrogen-bond donors (Lipinski definition) is 1. The van der Waals surface area contributed by atoms with Gasteiger partial charge in [-0.25, -0.2) is 13.8 Å². The summed E-state index contributed by atoms with van der Waals surface area (Å²) in [5.74, 6) is -0.911. The molecule has 1 aromatic rings. The quantitative estimate of drug-likeness (QED) is 0.833. The fourth-order valence-electron chi connectivity index (χ4n) is 2.56. The number of pyridine rings is 1. The van der Waals surface area contributed by atoms with Gasteiger partial charge in [0.15, 0.2) is 11.6 Å². The Morgan fingerprint density at radius 1 is 1.42 bits per heavy atom. The summed E-state index contributed by atoms with van der Waals surface area (Å²) in [6.45, 7) is 4.69. The summed E-state index contributed by atoms with van der Waals surface area (Å²) in [5, 5.41) is 3.37. The van der Waals surface area contributed by atoms with Crippen LogP contribution in [0.5, 0.6) is 0 Å². The van der Waals surface area contributed by atoms with Crippen molar-refractivity contribution < 1.29 is 8.78 Å². The minimum absolute atomic E-state index is 0.243. The molecule has 1 saturated heterocycles. The predicted octanol–water partition coefficient (Wildman–Crippen LogP) is 2.72. The van der Waals surface area contributed by atoms with E-state index < -0.39 is 11.6 Å². The third-order valence-electron chi connectivity index (χ3n) is 3.49. The first-order chi connectivity index (χ1) is 9.22. The lowest BCUT2D eigenvalue weighted by atomic mass is 10.0. The maximum absolute atomic E-state index is 13.8. The first-order valence-corrected chi connectivity index (χ1v) is 7.00. The van der Waals surface area contributed by atoms with E-state index in [1.165, 1.54) is 0 Å². The Balaban J connectivity index is 2.09. The minimum atomic E-state index is -0.626. The molecule has 106 valence electrons. The molecule has 1 aliphatic rings. The third-order valence-corrected chi connectivity index (χ3v) is 3.49. The molecule has 3 nitrogen and oxygen atoms in total. The van der Waals surface area contributed by atoms with Crippen molar-refractivity contribution in [3.8, 4) is 0 Å². The molecule has 0 radical (unpaired) electrons. The maximum Gasteiger partial charge on any atom is 0.168 e. The van der Waals surface area contributed by atoms with Gasteiger partial charge in [0.25, 0.3) is 0 Å². The van der Waals surface area contributed by atoms with Gasteiger partial charge in [0, 0.05) is 25.2 Å². The Labute approximate surface area is 113 Å². The van der Waals surface area contributed by atoms with Gasteiger partial charge in [-0.1, -0.05) is 6.92 Å². The lowest BCUT2D eigenvalue weighted by Crippen LogP contribution is -2.46. The van der Waals surface area contributed by atoms with Crippen LogP contribution in [0, 0.1) is 11.6 Å². The van der Waals surface area contributed by atoms with Crippen LogP contribution in [0.25, 0.3) is 0 Å². The zero-order chi connectivity index (χ0) is 13.7. The number of aromatic nitrogens is 1. The Kier molecular flexibility index (Phi) is 5.07. The number of nitrogens with one attached hydrogen (secondary N) is 1. The molecule has 0 aliphatic carbocycles. The number of halogens is 2. The van der Waals surface area contributed by atoms with Gasteiger partial charge >= 0.3 is 0 Å². The van der Waals surface area contributed by atoms with E-state index in [9.17, 15) is 8.78 Å². The molecule has 0 spiro atoms. The molecular formula is C14H21F2N3. The van der Waals surface area contributed by atoms with Gasteiger partial charge in [-0.3, -0.25) is 0 Å². The third kappa shape index (κ3) is 3.62. The summed E-state index contributed by atoms with van der Waals surface area (Å²) in [4.78, 5) is 5.90. The van der Waals surface area contributed by atoms with Crippen LogP contribution in [0.15, 0.2) is 12.3 Å². The topological polar surface area (TPSA) is 28.2 Å². The summed E-state index contributed by atoms with van der Waals surface area (Å²) < 4.78 is 26.8. The van der Waals surface area contributed by atoms with Crippen molar-refractivity contribution in [2.45, 2.75) is 38.6 Å². The molecule has 0 aromatic carbocycles. The second kappa shape index (κ2) is 6.80. The van der Waals surface area contributed by atoms with Crippen LogP contribution in [0.2, 0.25) is 0 Å². The number of anilines is 1. The monoisotopic (exact) mass is 269 g/mol. The first-order valence-electron chi connectivity index (χ1n) is 7.00. The molecule has 1 atom stereocenters. The van der Waals surface area contributed by atoms with Crippen molar-refractivity contribution in [1.29, 1.82) is 0 Å². The predicted molar refractivity (Wildman–Crippen MR) is 72.3 cm³/mol. The summed E-state index contributed by atoms with van der Waals surface area (Å²) >= 11 is 0. The molecule has 0 amide bonds. The minimum Gasteiger partial charge on any atom is -0.350 e. The maximum atomic E-state index is 13.8. The molecule has 2 rings (SSSR count). The Hall–Kier alpha value is -1.23. The van der Waals surface area contributed by atoms with Gasteiger partial charge < -0.3 is 10.2 Å². The van der Waals surface area contributed by atoms with E-state index >= 15 is 0 Å². The molecule has 1 fully saturated rings. The van der Waals surface area contributed by atoms with Gasteiger partial charge in [-0.15, -0.1) is 0 Å². The van der Waals surface area contributed by atoms with Crippen molar-refractivity contribution in [3.05, 3.63) is 23.9 Å². The Morgan fingerprint density at radius 2 is 2.26 bits per heavy atom. The van der Waals surface area contributed by atoms with Crippen LogP contribution in [0.4, 0.5) is 14.6 Å². The van der Waals surface area contributed by atoms with Gasteiger partial charge in [-0.05, 0) is 32.2 Å². The summed E-state index contributed by atoms with van der Waals surface area (Å²) in [7, 11) is 0. The highest BCUT2D eigenvalue weighted by molar-refractivity contribution is 5.41. The summed E-state index contributed by atoms with van der Waals surface area (Å²) in [5.41, 5.74) is 0. The average molecular weight is 269 g/mol. The lowest BCUT2D eigenvalue weighted by molar-refractivity contribution is 0.425. The Morgan fingerprint density at radius 3 is 3.00 bits per heavy atom. The lowest BCUT2D eigenvalue weighted by Gasteiger charge is -2.37. The summed E-state index contributed by atoms with van der Waals surface area (Å²) in [6.07, 6.45) is 5.37. The number of hydrogen-bond acceptors (Lipinski definition) is 3. The number of nitrogens with zero attached hydrogens (tertiary/aromatic N) is 2. The van der Waals surface area contributed by atoms with Crippen molar-refractivity contribution in [2.24, 2.45) is 0 Å². The van der Waals surface area contributed by atoms with Gasteiger partial charge in [0.2, 0.25) is 0 Å². The normalized spacial score (nSPS) is 19.7. The van der Waals surface area contributed by atoms with E-state index in [4.69, 9.17) is 0 Å². The molecule has 5 heteroatoms. The van der Waals surface area contributed by atoms with Gasteiger partial charge in [0.1, 0.15) is 5.82 Å². The molecule has 1 aliphatic heterocycles. The van der Waals surface area contributed by atoms with Crippen LogP contribution in [-0.4, -0.2) is 30.7 Å². The van der Waals surface area contributed by atoms with Crippen molar-refractivity contribution >= 4 is 5.82 Å². The standard InChI is InChI=1S/C14H21F2N3/c1-2-6-17-10-12-5-3-4-7-19(12)14-13(16)8-11(15)9-18-14/h8-9,12,17H,2-7,10H2,1H3. The van der Waals surface area contributed by atoms with E-state index in [1.807, 2.05) is 4.90 Å². The smallest absolute Gasteiger partial charge is 0.168 e. The molecule has 1 aromatic heterocycles. The van der Waals surface area contributed by atoms with Gasteiger partial charge in [0.05, 0.1) is 6.20 Å². The van der Waals surface area contributed by atoms with Crippen LogP contribution in [0.1, 0.15) is 32.6 Å². The molecule has 0 bridgehead atoms. The molecule has 19 heavy (non-hydrogen) atoms. The molecule has 0 saturated carbocycles. The van der Waals surface area contributed by atoms with Crippen LogP contribution < -0.4 is 10.2 Å². The second-order valence-electron chi connectivity index (χ2n) is 5.01. The van der Waals surface area contributed by atoms with Crippen molar-refractivity contribution in [3.63, 3.8) is 0 Å². The molecule has 1 unspecified atom stereocenters. The average Bonchev–Trinajstić information content (AvgIpc) is 2.40. The van der Waals surface area contributed by atoms with E-state index in [0.29, 0.717) is 0 Å². The first kappa shape index (κ1) is 14.2. The van der Waals surface area contributed by atoms with Crippen molar-refractivity contribution in [1.82, 2.24) is 10.3 Å². The highest BCUT2D eigenvalue weighted by atomic mass is 19.1. The second-order valence-corrected chi connectivity index (χ2v) is 5.01. The SMILES string of the molecule is CCCNCC1CCCCN1c1ncc(F)cc1F. The zero-order valence-electron chi connectivity index (χ0n) is 11.3.